The van der Waals surface area contributed by atoms with E-state index in [4.69, 9.17) is 15.1 Å². The normalized spacial score (nSPS) is 18.6. The summed E-state index contributed by atoms with van der Waals surface area (Å²) in [7, 11) is 0. The molecule has 0 spiro atoms. The average molecular weight is 427 g/mol. The number of hydrogen-bond donors (Lipinski definition) is 0. The van der Waals surface area contributed by atoms with Gasteiger partial charge in [-0.15, -0.1) is 5.10 Å². The number of rotatable bonds is 3. The van der Waals surface area contributed by atoms with Gasteiger partial charge in [-0.3, -0.25) is 4.90 Å². The van der Waals surface area contributed by atoms with Gasteiger partial charge >= 0.3 is 0 Å². The highest BCUT2D eigenvalue weighted by molar-refractivity contribution is 5.93. The number of benzene rings is 2. The van der Waals surface area contributed by atoms with Crippen molar-refractivity contribution in [1.82, 2.24) is 24.5 Å². The molecule has 0 amide bonds. The number of nitrogens with zero attached hydrogens (tertiary/aromatic N) is 6. The molecule has 32 heavy (non-hydrogen) atoms. The van der Waals surface area contributed by atoms with Gasteiger partial charge < -0.3 is 4.90 Å². The minimum absolute atomic E-state index is 0.758. The molecular weight excluding hydrogens is 396 g/mol. The molecule has 0 bridgehead atoms. The van der Waals surface area contributed by atoms with Crippen LogP contribution in [0.4, 0.5) is 5.95 Å². The van der Waals surface area contributed by atoms with E-state index >= 15 is 0 Å². The number of para-hydroxylation sites is 1. The maximum absolute atomic E-state index is 5.06. The molecule has 6 heteroatoms. The quantitative estimate of drug-likeness (QED) is 0.475. The number of hydrogen-bond acceptors (Lipinski definition) is 5. The summed E-state index contributed by atoms with van der Waals surface area (Å²) in [5.41, 5.74) is 4.12. The monoisotopic (exact) mass is 426 g/mol. The van der Waals surface area contributed by atoms with Crippen LogP contribution >= 0.6 is 0 Å². The van der Waals surface area contributed by atoms with E-state index in [1.165, 1.54) is 37.7 Å². The van der Waals surface area contributed by atoms with Crippen LogP contribution in [0, 0.1) is 6.92 Å². The second-order valence-electron chi connectivity index (χ2n) is 9.28. The third-order valence-electron chi connectivity index (χ3n) is 7.13. The number of anilines is 1. The van der Waals surface area contributed by atoms with Crippen LogP contribution in [0.1, 0.15) is 37.7 Å². The van der Waals surface area contributed by atoms with Gasteiger partial charge in [0.05, 0.1) is 5.52 Å². The fourth-order valence-corrected chi connectivity index (χ4v) is 5.39. The number of aryl methyl sites for hydroxylation is 1. The van der Waals surface area contributed by atoms with E-state index in [9.17, 15) is 0 Å². The lowest BCUT2D eigenvalue weighted by Gasteiger charge is -2.41. The predicted octanol–water partition coefficient (Wildman–Crippen LogP) is 4.71. The Kier molecular flexibility index (Phi) is 5.02. The largest absolute Gasteiger partial charge is 0.338 e. The van der Waals surface area contributed by atoms with E-state index in [-0.39, 0.29) is 0 Å². The second-order valence-corrected chi connectivity index (χ2v) is 9.28. The molecule has 1 aliphatic heterocycles. The summed E-state index contributed by atoms with van der Waals surface area (Å²) in [5, 5.41) is 5.99. The van der Waals surface area contributed by atoms with Crippen molar-refractivity contribution in [3.63, 3.8) is 0 Å². The van der Waals surface area contributed by atoms with E-state index < -0.39 is 0 Å². The summed E-state index contributed by atoms with van der Waals surface area (Å²) < 4.78 is 1.97. The van der Waals surface area contributed by atoms with E-state index in [1.807, 2.05) is 10.6 Å². The first-order chi connectivity index (χ1) is 15.8. The van der Waals surface area contributed by atoms with Gasteiger partial charge in [0.2, 0.25) is 5.95 Å². The van der Waals surface area contributed by atoms with Crippen molar-refractivity contribution in [2.45, 2.75) is 45.1 Å². The number of piperazine rings is 1. The van der Waals surface area contributed by atoms with Crippen LogP contribution in [0.2, 0.25) is 0 Å². The Labute approximate surface area is 188 Å². The van der Waals surface area contributed by atoms with Crippen molar-refractivity contribution in [1.29, 1.82) is 0 Å². The molecule has 3 heterocycles. The van der Waals surface area contributed by atoms with Crippen LogP contribution in [0.5, 0.6) is 0 Å². The lowest BCUT2D eigenvalue weighted by Crippen LogP contribution is -2.51. The summed E-state index contributed by atoms with van der Waals surface area (Å²) in [6.07, 6.45) is 6.91. The molecule has 2 aromatic heterocycles. The summed E-state index contributed by atoms with van der Waals surface area (Å²) in [6, 6.07) is 17.4. The lowest BCUT2D eigenvalue weighted by molar-refractivity contribution is 0.147. The van der Waals surface area contributed by atoms with Gasteiger partial charge in [-0.1, -0.05) is 55.2 Å². The van der Waals surface area contributed by atoms with Crippen LogP contribution in [-0.2, 0) is 0 Å². The van der Waals surface area contributed by atoms with Gasteiger partial charge in [-0.2, -0.15) is 4.52 Å². The lowest BCUT2D eigenvalue weighted by atomic mass is 9.94. The number of aromatic nitrogens is 4. The fraction of sp³-hybridized carbons (Fsp3) is 0.423. The maximum atomic E-state index is 5.06. The SMILES string of the molecule is Cc1cccc(-c2nc3c4ccccc4nc(N4CCN(C5CCCCC5)CC4)n3n2)c1. The Bertz CT molecular complexity index is 1250. The third-order valence-corrected chi connectivity index (χ3v) is 7.13. The van der Waals surface area contributed by atoms with E-state index in [0.29, 0.717) is 0 Å². The highest BCUT2D eigenvalue weighted by atomic mass is 15.4. The first-order valence-corrected chi connectivity index (χ1v) is 12.0. The fourth-order valence-electron chi connectivity index (χ4n) is 5.39. The Morgan fingerprint density at radius 1 is 0.844 bits per heavy atom. The molecule has 1 saturated heterocycles. The summed E-state index contributed by atoms with van der Waals surface area (Å²) in [6.45, 7) is 6.26. The molecule has 164 valence electrons. The predicted molar refractivity (Wildman–Crippen MR) is 129 cm³/mol. The summed E-state index contributed by atoms with van der Waals surface area (Å²) >= 11 is 0. The van der Waals surface area contributed by atoms with Gasteiger partial charge in [0.1, 0.15) is 0 Å². The molecule has 2 aromatic carbocycles. The van der Waals surface area contributed by atoms with Crippen molar-refractivity contribution < 1.29 is 0 Å². The average Bonchev–Trinajstić information content (AvgIpc) is 3.30. The summed E-state index contributed by atoms with van der Waals surface area (Å²) in [5.74, 6) is 1.67. The van der Waals surface area contributed by atoms with Crippen LogP contribution in [-0.4, -0.2) is 56.7 Å². The first-order valence-electron chi connectivity index (χ1n) is 12.0. The van der Waals surface area contributed by atoms with Crippen molar-refractivity contribution in [2.75, 3.05) is 31.1 Å². The molecule has 0 N–H and O–H groups in total. The van der Waals surface area contributed by atoms with Gasteiger partial charge in [0.25, 0.3) is 0 Å². The highest BCUT2D eigenvalue weighted by Crippen LogP contribution is 2.28. The molecule has 0 atom stereocenters. The van der Waals surface area contributed by atoms with Gasteiger partial charge in [0.15, 0.2) is 11.5 Å². The molecule has 2 fully saturated rings. The van der Waals surface area contributed by atoms with Crippen molar-refractivity contribution in [3.8, 4) is 11.4 Å². The van der Waals surface area contributed by atoms with E-state index in [2.05, 4.69) is 59.2 Å². The van der Waals surface area contributed by atoms with Crippen LogP contribution in [0.3, 0.4) is 0 Å². The van der Waals surface area contributed by atoms with Crippen molar-refractivity contribution in [2.24, 2.45) is 0 Å². The highest BCUT2D eigenvalue weighted by Gasteiger charge is 2.27. The standard InChI is InChI=1S/C26H30N6/c1-19-8-7-9-20(18-19)24-28-25-22-12-5-6-13-23(22)27-26(32(25)29-24)31-16-14-30(15-17-31)21-10-3-2-4-11-21/h5-9,12-13,18,21H,2-4,10-11,14-17H2,1H3. The molecule has 2 aliphatic rings. The summed E-state index contributed by atoms with van der Waals surface area (Å²) in [4.78, 5) is 15.1. The van der Waals surface area contributed by atoms with Crippen LogP contribution in [0.15, 0.2) is 48.5 Å². The van der Waals surface area contributed by atoms with Gasteiger partial charge in [-0.05, 0) is 38.0 Å². The van der Waals surface area contributed by atoms with Crippen molar-refractivity contribution >= 4 is 22.5 Å². The molecule has 1 saturated carbocycles. The number of fused-ring (bicyclic) bond motifs is 3. The van der Waals surface area contributed by atoms with Gasteiger partial charge in [0, 0.05) is 43.2 Å². The molecule has 1 aliphatic carbocycles. The Morgan fingerprint density at radius 3 is 2.47 bits per heavy atom. The topological polar surface area (TPSA) is 49.6 Å². The zero-order chi connectivity index (χ0) is 21.5. The molecule has 4 aromatic rings. The van der Waals surface area contributed by atoms with E-state index in [1.54, 1.807) is 0 Å². The van der Waals surface area contributed by atoms with Crippen LogP contribution < -0.4 is 4.90 Å². The van der Waals surface area contributed by atoms with Crippen molar-refractivity contribution in [3.05, 3.63) is 54.1 Å². The molecule has 0 unspecified atom stereocenters. The molecule has 6 rings (SSSR count). The zero-order valence-electron chi connectivity index (χ0n) is 18.7. The van der Waals surface area contributed by atoms with Gasteiger partial charge in [-0.25, -0.2) is 9.97 Å². The maximum Gasteiger partial charge on any atom is 0.229 e. The van der Waals surface area contributed by atoms with E-state index in [0.717, 1.165) is 66.1 Å². The smallest absolute Gasteiger partial charge is 0.229 e. The Morgan fingerprint density at radius 2 is 1.66 bits per heavy atom. The second kappa shape index (κ2) is 8.17. The Balaban J connectivity index is 1.38. The Hall–Kier alpha value is -2.99. The minimum atomic E-state index is 0.758. The first kappa shape index (κ1) is 19.7. The zero-order valence-corrected chi connectivity index (χ0v) is 18.7. The molecule has 0 radical (unpaired) electrons. The molecule has 6 nitrogen and oxygen atoms in total. The molecular formula is C26H30N6. The van der Waals surface area contributed by atoms with Crippen LogP contribution in [0.25, 0.3) is 27.9 Å². The minimum Gasteiger partial charge on any atom is -0.338 e. The third kappa shape index (κ3) is 3.52.